The second-order valence-corrected chi connectivity index (χ2v) is 10.5. The van der Waals surface area contributed by atoms with Gasteiger partial charge in [-0.3, -0.25) is 15.1 Å². The number of anilines is 1. The first-order chi connectivity index (χ1) is 20.2. The third-order valence-corrected chi connectivity index (χ3v) is 7.13. The van der Waals surface area contributed by atoms with Crippen LogP contribution in [0.4, 0.5) is 28.4 Å². The summed E-state index contributed by atoms with van der Waals surface area (Å²) in [6.45, 7) is -0.215. The van der Waals surface area contributed by atoms with Gasteiger partial charge in [-0.25, -0.2) is 9.78 Å². The summed E-state index contributed by atoms with van der Waals surface area (Å²) in [7, 11) is -4.77. The molecule has 13 nitrogen and oxygen atoms in total. The van der Waals surface area contributed by atoms with E-state index in [9.17, 15) is 18.1 Å². The minimum atomic E-state index is -4.77. The number of nitrogen functional groups attached to an aromatic ring is 1. The molecule has 42 heavy (non-hydrogen) atoms. The van der Waals surface area contributed by atoms with Crippen LogP contribution in [0.1, 0.15) is 11.1 Å². The van der Waals surface area contributed by atoms with Crippen LogP contribution in [0.25, 0.3) is 21.5 Å². The highest BCUT2D eigenvalue weighted by Gasteiger charge is 2.22. The van der Waals surface area contributed by atoms with Gasteiger partial charge in [-0.1, -0.05) is 36.4 Å². The van der Waals surface area contributed by atoms with Crippen LogP contribution < -0.4 is 5.73 Å². The van der Waals surface area contributed by atoms with Crippen molar-refractivity contribution in [2.24, 2.45) is 20.5 Å². The molecule has 214 valence electrons. The first-order valence-corrected chi connectivity index (χ1v) is 13.7. The molecule has 0 saturated heterocycles. The van der Waals surface area contributed by atoms with E-state index in [1.54, 1.807) is 54.6 Å². The molecule has 0 aliphatic carbocycles. The van der Waals surface area contributed by atoms with Crippen LogP contribution in [-0.4, -0.2) is 28.6 Å². The van der Waals surface area contributed by atoms with Crippen molar-refractivity contribution in [1.29, 1.82) is 0 Å². The smallest absolute Gasteiger partial charge is 0.296 e. The average molecular weight is 590 g/mol. The number of nitrogens with two attached hydrogens (primary N) is 1. The number of phenols is 1. The van der Waals surface area contributed by atoms with Crippen molar-refractivity contribution in [3.8, 4) is 5.75 Å². The van der Waals surface area contributed by atoms with Crippen LogP contribution in [0.2, 0.25) is 0 Å². The lowest BCUT2D eigenvalue weighted by atomic mass is 10.1. The van der Waals surface area contributed by atoms with E-state index in [1.807, 2.05) is 0 Å². The third kappa shape index (κ3) is 6.08. The van der Waals surface area contributed by atoms with Gasteiger partial charge in [0.15, 0.2) is 5.75 Å². The maximum atomic E-state index is 12.1. The number of azo groups is 2. The van der Waals surface area contributed by atoms with Crippen molar-refractivity contribution in [3.05, 3.63) is 90.0 Å². The molecular weight excluding hydrogens is 566 g/mol. The second kappa shape index (κ2) is 12.0. The highest BCUT2D eigenvalue weighted by Crippen LogP contribution is 2.43. The van der Waals surface area contributed by atoms with Crippen molar-refractivity contribution in [2.45, 2.75) is 18.1 Å². The molecule has 0 aromatic heterocycles. The van der Waals surface area contributed by atoms with E-state index >= 15 is 0 Å². The Kier molecular flexibility index (Phi) is 8.17. The van der Waals surface area contributed by atoms with Gasteiger partial charge in [0.2, 0.25) is 0 Å². The van der Waals surface area contributed by atoms with Crippen LogP contribution in [0, 0.1) is 0 Å². The lowest BCUT2D eigenvalue weighted by Crippen LogP contribution is -1.99. The Balaban J connectivity index is 1.57. The Morgan fingerprint density at radius 1 is 0.714 bits per heavy atom. The standard InChI is InChI=1S/C28H23N5O8S/c29-19-6-5-18-12-26(42(37,38)39)27(28(34)23(18)13-19)33-32-25-8-7-24(21-3-1-2-4-22(21)25)31-30-20-10-16(14-40-35)9-17(11-20)15-41-36/h1-13,34-36H,14-15,29H2,(H,37,38,39). The molecule has 0 saturated carbocycles. The molecule has 0 fully saturated rings. The summed E-state index contributed by atoms with van der Waals surface area (Å²) in [6.07, 6.45) is 0. The van der Waals surface area contributed by atoms with E-state index in [1.165, 1.54) is 24.3 Å². The van der Waals surface area contributed by atoms with Crippen LogP contribution >= 0.6 is 0 Å². The van der Waals surface area contributed by atoms with E-state index in [0.717, 1.165) is 0 Å². The number of fused-ring (bicyclic) bond motifs is 2. The van der Waals surface area contributed by atoms with Gasteiger partial charge in [0.05, 0.1) is 17.1 Å². The van der Waals surface area contributed by atoms with Crippen molar-refractivity contribution in [2.75, 3.05) is 5.73 Å². The fourth-order valence-corrected chi connectivity index (χ4v) is 5.08. The molecule has 0 radical (unpaired) electrons. The third-order valence-electron chi connectivity index (χ3n) is 6.26. The van der Waals surface area contributed by atoms with Crippen LogP contribution in [0.3, 0.4) is 0 Å². The predicted octanol–water partition coefficient (Wildman–Crippen LogP) is 7.34. The summed E-state index contributed by atoms with van der Waals surface area (Å²) in [6, 6.07) is 20.9. The largest absolute Gasteiger partial charge is 0.505 e. The number of nitrogens with zero attached hydrogens (tertiary/aromatic N) is 4. The number of phenolic OH excluding ortho intramolecular Hbond substituents is 1. The number of benzene rings is 5. The van der Waals surface area contributed by atoms with E-state index in [-0.39, 0.29) is 18.6 Å². The van der Waals surface area contributed by atoms with Gasteiger partial charge in [0.1, 0.15) is 23.8 Å². The number of aromatic hydroxyl groups is 1. The van der Waals surface area contributed by atoms with Gasteiger partial charge < -0.3 is 10.8 Å². The normalized spacial score (nSPS) is 12.3. The van der Waals surface area contributed by atoms with E-state index in [2.05, 4.69) is 30.2 Å². The van der Waals surface area contributed by atoms with Gasteiger partial charge in [0, 0.05) is 21.8 Å². The Bertz CT molecular complexity index is 1960. The molecule has 6 N–H and O–H groups in total. The monoisotopic (exact) mass is 589 g/mol. The first-order valence-electron chi connectivity index (χ1n) is 12.2. The number of rotatable bonds is 9. The molecule has 5 aromatic carbocycles. The predicted molar refractivity (Wildman–Crippen MR) is 153 cm³/mol. The molecule has 0 atom stereocenters. The number of hydrogen-bond acceptors (Lipinski definition) is 12. The highest BCUT2D eigenvalue weighted by atomic mass is 32.2. The van der Waals surface area contributed by atoms with Crippen molar-refractivity contribution >= 4 is 60.1 Å². The molecule has 5 aromatic rings. The minimum Gasteiger partial charge on any atom is -0.505 e. The molecule has 0 heterocycles. The van der Waals surface area contributed by atoms with E-state index in [0.29, 0.717) is 50.0 Å². The van der Waals surface area contributed by atoms with Crippen LogP contribution in [0.5, 0.6) is 5.75 Å². The summed E-state index contributed by atoms with van der Waals surface area (Å²) < 4.78 is 34.1. The maximum absolute atomic E-state index is 12.1. The van der Waals surface area contributed by atoms with Crippen LogP contribution in [0.15, 0.2) is 104 Å². The van der Waals surface area contributed by atoms with Gasteiger partial charge in [0.25, 0.3) is 10.1 Å². The zero-order valence-electron chi connectivity index (χ0n) is 21.6. The highest BCUT2D eigenvalue weighted by molar-refractivity contribution is 7.86. The molecule has 14 heteroatoms. The fourth-order valence-electron chi connectivity index (χ4n) is 4.43. The molecule has 0 unspecified atom stereocenters. The lowest BCUT2D eigenvalue weighted by molar-refractivity contribution is -0.254. The zero-order chi connectivity index (χ0) is 29.9. The zero-order valence-corrected chi connectivity index (χ0v) is 22.4. The molecule has 0 spiro atoms. The van der Waals surface area contributed by atoms with Crippen molar-refractivity contribution in [1.82, 2.24) is 0 Å². The maximum Gasteiger partial charge on any atom is 0.296 e. The molecule has 0 amide bonds. The van der Waals surface area contributed by atoms with E-state index in [4.69, 9.17) is 16.2 Å². The first kappa shape index (κ1) is 28.7. The summed E-state index contributed by atoms with van der Waals surface area (Å²) in [5.41, 5.74) is 8.07. The summed E-state index contributed by atoms with van der Waals surface area (Å²) in [5.74, 6) is -0.509. The molecule has 0 aliphatic rings. The topological polar surface area (TPSA) is 209 Å². The molecule has 0 aliphatic heterocycles. The Morgan fingerprint density at radius 3 is 1.88 bits per heavy atom. The minimum absolute atomic E-state index is 0.107. The van der Waals surface area contributed by atoms with E-state index < -0.39 is 26.5 Å². The van der Waals surface area contributed by atoms with Gasteiger partial charge >= 0.3 is 0 Å². The molecular formula is C28H23N5O8S. The Hall–Kier alpha value is -4.83. The summed E-state index contributed by atoms with van der Waals surface area (Å²) in [4.78, 5) is 7.79. The molecule has 0 bridgehead atoms. The quantitative estimate of drug-likeness (QED) is 0.0382. The fraction of sp³-hybridized carbons (Fsp3) is 0.0714. The summed E-state index contributed by atoms with van der Waals surface area (Å²) >= 11 is 0. The SMILES string of the molecule is Nc1ccc2cc(S(=O)(=O)O)c(N=Nc3ccc(N=Nc4cc(COO)cc(COO)c4)c4ccccc34)c(O)c2c1. The van der Waals surface area contributed by atoms with Crippen LogP contribution in [-0.2, 0) is 33.1 Å². The Labute approximate surface area is 238 Å². The van der Waals surface area contributed by atoms with Crippen molar-refractivity contribution < 1.29 is 38.4 Å². The molecule has 5 rings (SSSR count). The summed E-state index contributed by atoms with van der Waals surface area (Å²) in [5, 5.41) is 47.2. The van der Waals surface area contributed by atoms with Gasteiger partial charge in [-0.05, 0) is 59.0 Å². The number of hydrogen-bond donors (Lipinski definition) is 5. The second-order valence-electron chi connectivity index (χ2n) is 9.13. The Morgan fingerprint density at radius 2 is 1.31 bits per heavy atom. The van der Waals surface area contributed by atoms with Crippen molar-refractivity contribution in [3.63, 3.8) is 0 Å². The lowest BCUT2D eigenvalue weighted by Gasteiger charge is -2.10. The van der Waals surface area contributed by atoms with Gasteiger partial charge in [-0.15, -0.1) is 15.3 Å². The average Bonchev–Trinajstić information content (AvgIpc) is 2.96. The van der Waals surface area contributed by atoms with Gasteiger partial charge in [-0.2, -0.15) is 13.5 Å².